The van der Waals surface area contributed by atoms with Crippen LogP contribution in [-0.4, -0.2) is 23.6 Å². The first-order valence-corrected chi connectivity index (χ1v) is 5.89. The molecule has 2 atom stereocenters. The fourth-order valence-electron chi connectivity index (χ4n) is 1.47. The van der Waals surface area contributed by atoms with Gasteiger partial charge in [0, 0.05) is 12.1 Å². The molecule has 0 fully saturated rings. The largest absolute Gasteiger partial charge is 0.386 e. The first-order chi connectivity index (χ1) is 8.43. The molecule has 0 aliphatic rings. The Morgan fingerprint density at radius 2 is 2.06 bits per heavy atom. The molecule has 0 aliphatic carbocycles. The lowest BCUT2D eigenvalue weighted by Crippen LogP contribution is -2.45. The molecular weight excluding hydrogens is 235 g/mol. The number of aliphatic hydroxyl groups excluding tert-OH is 1. The van der Waals surface area contributed by atoms with Crippen molar-refractivity contribution in [3.05, 3.63) is 35.6 Å². The Labute approximate surface area is 106 Å². The minimum absolute atomic E-state index is 0.00982. The number of carbonyl (C=O) groups excluding carboxylic acids is 1. The van der Waals surface area contributed by atoms with Crippen LogP contribution in [0.4, 0.5) is 4.39 Å². The van der Waals surface area contributed by atoms with Crippen molar-refractivity contribution in [2.75, 3.05) is 6.54 Å². The number of hydrogen-bond acceptors (Lipinski definition) is 3. The summed E-state index contributed by atoms with van der Waals surface area (Å²) in [6.07, 6.45) is -1.07. The van der Waals surface area contributed by atoms with Gasteiger partial charge in [-0.3, -0.25) is 4.79 Å². The smallest absolute Gasteiger partial charge is 0.237 e. The van der Waals surface area contributed by atoms with E-state index in [9.17, 15) is 14.3 Å². The average molecular weight is 254 g/mol. The number of aliphatic hydroxyl groups is 1. The number of rotatable bonds is 5. The lowest BCUT2D eigenvalue weighted by atomic mass is 10.0. The molecule has 4 nitrogen and oxygen atoms in total. The lowest BCUT2D eigenvalue weighted by molar-refractivity contribution is -0.123. The van der Waals surface area contributed by atoms with E-state index >= 15 is 0 Å². The zero-order valence-corrected chi connectivity index (χ0v) is 10.6. The van der Waals surface area contributed by atoms with Gasteiger partial charge in [-0.15, -0.1) is 0 Å². The van der Waals surface area contributed by atoms with Crippen molar-refractivity contribution in [2.45, 2.75) is 26.0 Å². The van der Waals surface area contributed by atoms with Crippen LogP contribution >= 0.6 is 0 Å². The SMILES string of the molecule is CC(C)[C@H](N)C(=O)NCC(O)c1ccccc1F. The van der Waals surface area contributed by atoms with E-state index in [-0.39, 0.29) is 23.9 Å². The summed E-state index contributed by atoms with van der Waals surface area (Å²) in [5.41, 5.74) is 5.81. The zero-order valence-electron chi connectivity index (χ0n) is 10.6. The number of amides is 1. The Kier molecular flexibility index (Phi) is 5.25. The standard InChI is InChI=1S/C13H19FN2O2/c1-8(2)12(15)13(18)16-7-11(17)9-5-3-4-6-10(9)14/h3-6,8,11-12,17H,7,15H2,1-2H3,(H,16,18)/t11?,12-/m0/s1. The van der Waals surface area contributed by atoms with E-state index in [2.05, 4.69) is 5.32 Å². The van der Waals surface area contributed by atoms with Crippen LogP contribution in [0.2, 0.25) is 0 Å². The fourth-order valence-corrected chi connectivity index (χ4v) is 1.47. The second kappa shape index (κ2) is 6.47. The molecule has 1 aromatic rings. The fraction of sp³-hybridized carbons (Fsp3) is 0.462. The first kappa shape index (κ1) is 14.6. The maximum atomic E-state index is 13.4. The van der Waals surface area contributed by atoms with Crippen LogP contribution in [0.15, 0.2) is 24.3 Å². The minimum atomic E-state index is -1.07. The monoisotopic (exact) mass is 254 g/mol. The molecule has 1 unspecified atom stereocenters. The van der Waals surface area contributed by atoms with E-state index in [1.165, 1.54) is 12.1 Å². The molecule has 0 heterocycles. The van der Waals surface area contributed by atoms with Gasteiger partial charge in [0.15, 0.2) is 0 Å². The summed E-state index contributed by atoms with van der Waals surface area (Å²) < 4.78 is 13.4. The highest BCUT2D eigenvalue weighted by atomic mass is 19.1. The number of nitrogens with one attached hydrogen (secondary N) is 1. The van der Waals surface area contributed by atoms with Gasteiger partial charge in [0.2, 0.25) is 5.91 Å². The van der Waals surface area contributed by atoms with Gasteiger partial charge >= 0.3 is 0 Å². The minimum Gasteiger partial charge on any atom is -0.386 e. The molecule has 0 saturated carbocycles. The topological polar surface area (TPSA) is 75.4 Å². The molecule has 4 N–H and O–H groups in total. The highest BCUT2D eigenvalue weighted by Crippen LogP contribution is 2.15. The van der Waals surface area contributed by atoms with Crippen molar-refractivity contribution >= 4 is 5.91 Å². The Morgan fingerprint density at radius 3 is 2.61 bits per heavy atom. The normalized spacial score (nSPS) is 14.3. The van der Waals surface area contributed by atoms with E-state index in [4.69, 9.17) is 5.73 Å². The molecule has 1 amide bonds. The zero-order chi connectivity index (χ0) is 13.7. The summed E-state index contributed by atoms with van der Waals surface area (Å²) in [6, 6.07) is 5.29. The molecule has 0 aromatic heterocycles. The van der Waals surface area contributed by atoms with Crippen molar-refractivity contribution in [3.63, 3.8) is 0 Å². The summed E-state index contributed by atoms with van der Waals surface area (Å²) in [7, 11) is 0. The summed E-state index contributed by atoms with van der Waals surface area (Å²) in [5.74, 6) is -0.830. The number of hydrogen-bond donors (Lipinski definition) is 3. The van der Waals surface area contributed by atoms with Crippen molar-refractivity contribution in [2.24, 2.45) is 11.7 Å². The molecule has 18 heavy (non-hydrogen) atoms. The van der Waals surface area contributed by atoms with Crippen molar-refractivity contribution in [1.82, 2.24) is 5.32 Å². The van der Waals surface area contributed by atoms with Gasteiger partial charge in [-0.25, -0.2) is 4.39 Å². The van der Waals surface area contributed by atoms with E-state index < -0.39 is 18.0 Å². The molecule has 5 heteroatoms. The molecule has 0 spiro atoms. The molecule has 0 aliphatic heterocycles. The molecule has 0 bridgehead atoms. The number of halogens is 1. The second-order valence-electron chi connectivity index (χ2n) is 4.55. The van der Waals surface area contributed by atoms with Crippen LogP contribution in [-0.2, 0) is 4.79 Å². The molecule has 0 saturated heterocycles. The van der Waals surface area contributed by atoms with Crippen LogP contribution in [0.5, 0.6) is 0 Å². The Balaban J connectivity index is 2.54. The molecule has 1 aromatic carbocycles. The average Bonchev–Trinajstić information content (AvgIpc) is 2.35. The van der Waals surface area contributed by atoms with Gasteiger partial charge < -0.3 is 16.2 Å². The van der Waals surface area contributed by atoms with Crippen molar-refractivity contribution in [1.29, 1.82) is 0 Å². The lowest BCUT2D eigenvalue weighted by Gasteiger charge is -2.17. The maximum Gasteiger partial charge on any atom is 0.237 e. The molecule has 0 radical (unpaired) electrons. The third kappa shape index (κ3) is 3.78. The highest BCUT2D eigenvalue weighted by molar-refractivity contribution is 5.81. The van der Waals surface area contributed by atoms with E-state index in [0.29, 0.717) is 0 Å². The molecular formula is C13H19FN2O2. The van der Waals surface area contributed by atoms with E-state index in [1.807, 2.05) is 13.8 Å². The molecule has 1 rings (SSSR count). The predicted octanol–water partition coefficient (Wildman–Crippen LogP) is 0.959. The number of carbonyl (C=O) groups is 1. The third-order valence-electron chi connectivity index (χ3n) is 2.75. The van der Waals surface area contributed by atoms with Gasteiger partial charge in [0.1, 0.15) is 5.82 Å². The number of benzene rings is 1. The van der Waals surface area contributed by atoms with Crippen LogP contribution in [0, 0.1) is 11.7 Å². The van der Waals surface area contributed by atoms with Crippen LogP contribution in [0.25, 0.3) is 0 Å². The van der Waals surface area contributed by atoms with Crippen LogP contribution in [0.3, 0.4) is 0 Å². The van der Waals surface area contributed by atoms with Crippen molar-refractivity contribution < 1.29 is 14.3 Å². The highest BCUT2D eigenvalue weighted by Gasteiger charge is 2.19. The summed E-state index contributed by atoms with van der Waals surface area (Å²) in [4.78, 5) is 11.6. The maximum absolute atomic E-state index is 13.4. The quantitative estimate of drug-likeness (QED) is 0.732. The Bertz CT molecular complexity index is 410. The predicted molar refractivity (Wildman–Crippen MR) is 67.2 cm³/mol. The summed E-state index contributed by atoms with van der Waals surface area (Å²) in [5, 5.41) is 12.3. The van der Waals surface area contributed by atoms with Gasteiger partial charge in [0.05, 0.1) is 12.1 Å². The first-order valence-electron chi connectivity index (χ1n) is 5.89. The molecule has 100 valence electrons. The van der Waals surface area contributed by atoms with Crippen LogP contribution < -0.4 is 11.1 Å². The van der Waals surface area contributed by atoms with Gasteiger partial charge in [-0.2, -0.15) is 0 Å². The van der Waals surface area contributed by atoms with Crippen molar-refractivity contribution in [3.8, 4) is 0 Å². The van der Waals surface area contributed by atoms with Gasteiger partial charge in [0.25, 0.3) is 0 Å². The van der Waals surface area contributed by atoms with E-state index in [1.54, 1.807) is 12.1 Å². The summed E-state index contributed by atoms with van der Waals surface area (Å²) in [6.45, 7) is 3.61. The third-order valence-corrected chi connectivity index (χ3v) is 2.75. The number of nitrogens with two attached hydrogens (primary N) is 1. The van der Waals surface area contributed by atoms with Gasteiger partial charge in [-0.05, 0) is 12.0 Å². The Hall–Kier alpha value is -1.46. The second-order valence-corrected chi connectivity index (χ2v) is 4.55. The van der Waals surface area contributed by atoms with E-state index in [0.717, 1.165) is 0 Å². The van der Waals surface area contributed by atoms with Gasteiger partial charge in [-0.1, -0.05) is 32.0 Å². The summed E-state index contributed by atoms with van der Waals surface area (Å²) >= 11 is 0. The Morgan fingerprint density at radius 1 is 1.44 bits per heavy atom. The van der Waals surface area contributed by atoms with Crippen LogP contribution in [0.1, 0.15) is 25.5 Å².